The number of alkyl carbamates (subject to hydrolysis) is 1. The van der Waals surface area contributed by atoms with E-state index in [1.165, 1.54) is 6.42 Å². The molecule has 0 radical (unpaired) electrons. The number of carbonyl (C=O) groups excluding carboxylic acids is 1. The first-order valence-electron chi connectivity index (χ1n) is 9.14. The molecule has 0 aromatic carbocycles. The van der Waals surface area contributed by atoms with Gasteiger partial charge >= 0.3 is 12.2 Å². The van der Waals surface area contributed by atoms with Crippen LogP contribution in [0.5, 0.6) is 0 Å². The number of hydrogen-bond acceptors (Lipinski definition) is 4. The number of aliphatic hydroxyl groups is 1. The fraction of sp³-hybridized carbons (Fsp3) is 0.889. The molecular formula is C18H34N2O5. The van der Waals surface area contributed by atoms with Crippen LogP contribution in [-0.4, -0.2) is 47.2 Å². The molecule has 7 heteroatoms. The molecule has 25 heavy (non-hydrogen) atoms. The second kappa shape index (κ2) is 9.27. The number of carboxylic acid groups (broad SMARTS) is 1. The fourth-order valence-electron chi connectivity index (χ4n) is 3.29. The van der Waals surface area contributed by atoms with Crippen LogP contribution < -0.4 is 10.6 Å². The molecule has 0 aliphatic heterocycles. The van der Waals surface area contributed by atoms with Gasteiger partial charge in [0.25, 0.3) is 0 Å². The molecule has 0 saturated heterocycles. The van der Waals surface area contributed by atoms with Crippen LogP contribution in [0.1, 0.15) is 66.2 Å². The Morgan fingerprint density at radius 2 is 1.88 bits per heavy atom. The molecule has 2 amide bonds. The fourth-order valence-corrected chi connectivity index (χ4v) is 3.29. The van der Waals surface area contributed by atoms with E-state index in [1.807, 2.05) is 27.7 Å². The summed E-state index contributed by atoms with van der Waals surface area (Å²) >= 11 is 0. The maximum atomic E-state index is 11.7. The molecule has 4 N–H and O–H groups in total. The van der Waals surface area contributed by atoms with E-state index in [0.717, 1.165) is 25.7 Å². The van der Waals surface area contributed by atoms with Crippen LogP contribution in [-0.2, 0) is 4.74 Å². The van der Waals surface area contributed by atoms with Crippen LogP contribution in [0.3, 0.4) is 0 Å². The summed E-state index contributed by atoms with van der Waals surface area (Å²) in [6.07, 6.45) is 4.34. The minimum atomic E-state index is -1.06. The van der Waals surface area contributed by atoms with Crippen LogP contribution in [0.15, 0.2) is 0 Å². The molecule has 1 fully saturated rings. The number of rotatable bonds is 9. The third-order valence-corrected chi connectivity index (χ3v) is 5.01. The highest BCUT2D eigenvalue weighted by Gasteiger charge is 2.37. The van der Waals surface area contributed by atoms with Gasteiger partial charge in [0.2, 0.25) is 0 Å². The second-order valence-corrected chi connectivity index (χ2v) is 8.29. The van der Waals surface area contributed by atoms with E-state index < -0.39 is 17.8 Å². The largest absolute Gasteiger partial charge is 0.465 e. The molecular weight excluding hydrogens is 324 g/mol. The Bertz CT molecular complexity index is 443. The first kappa shape index (κ1) is 21.5. The molecule has 1 unspecified atom stereocenters. The van der Waals surface area contributed by atoms with Gasteiger partial charge in [0.15, 0.2) is 0 Å². The number of carbonyl (C=O) groups is 2. The van der Waals surface area contributed by atoms with Crippen molar-refractivity contribution in [3.05, 3.63) is 0 Å². The first-order chi connectivity index (χ1) is 11.6. The highest BCUT2D eigenvalue weighted by atomic mass is 16.6. The summed E-state index contributed by atoms with van der Waals surface area (Å²) in [6, 6.07) is -0.251. The number of hydrogen-bond donors (Lipinski definition) is 4. The molecule has 1 saturated carbocycles. The molecule has 0 aromatic rings. The van der Waals surface area contributed by atoms with Gasteiger partial charge in [-0.05, 0) is 64.2 Å². The van der Waals surface area contributed by atoms with Crippen LogP contribution in [0.2, 0.25) is 0 Å². The molecule has 0 bridgehead atoms. The van der Waals surface area contributed by atoms with Gasteiger partial charge in [0, 0.05) is 19.2 Å². The van der Waals surface area contributed by atoms with Gasteiger partial charge in [0.1, 0.15) is 5.60 Å². The SMILES string of the molecule is CC(CO)[C@@H](CCC1(CCNC(=O)OC(C)(C)C)CCC1)NC(=O)O. The second-order valence-electron chi connectivity index (χ2n) is 8.29. The Morgan fingerprint density at radius 3 is 2.32 bits per heavy atom. The quantitative estimate of drug-likeness (QED) is 0.506. The van der Waals surface area contributed by atoms with Crippen molar-refractivity contribution in [3.8, 4) is 0 Å². The lowest BCUT2D eigenvalue weighted by Gasteiger charge is -2.43. The van der Waals surface area contributed by atoms with Crippen LogP contribution >= 0.6 is 0 Å². The van der Waals surface area contributed by atoms with E-state index in [-0.39, 0.29) is 24.0 Å². The van der Waals surface area contributed by atoms with Gasteiger partial charge in [0.05, 0.1) is 0 Å². The number of aliphatic hydroxyl groups excluding tert-OH is 1. The van der Waals surface area contributed by atoms with Crippen molar-refractivity contribution in [1.29, 1.82) is 0 Å². The molecule has 1 aliphatic carbocycles. The summed E-state index contributed by atoms with van der Waals surface area (Å²) in [4.78, 5) is 22.7. The van der Waals surface area contributed by atoms with Gasteiger partial charge in [-0.1, -0.05) is 13.3 Å². The lowest BCUT2D eigenvalue weighted by molar-refractivity contribution is 0.0489. The molecule has 0 spiro atoms. The number of nitrogens with one attached hydrogen (secondary N) is 2. The first-order valence-corrected chi connectivity index (χ1v) is 9.14. The summed E-state index contributed by atoms with van der Waals surface area (Å²) in [7, 11) is 0. The van der Waals surface area contributed by atoms with Gasteiger partial charge in [-0.2, -0.15) is 0 Å². The van der Waals surface area contributed by atoms with Gasteiger partial charge in [-0.25, -0.2) is 9.59 Å². The summed E-state index contributed by atoms with van der Waals surface area (Å²) in [6.45, 7) is 7.85. The lowest BCUT2D eigenvalue weighted by atomic mass is 9.63. The van der Waals surface area contributed by atoms with Crippen molar-refractivity contribution >= 4 is 12.2 Å². The summed E-state index contributed by atoms with van der Waals surface area (Å²) in [5, 5.41) is 23.6. The summed E-state index contributed by atoms with van der Waals surface area (Å²) in [5.41, 5.74) is -0.350. The van der Waals surface area contributed by atoms with E-state index >= 15 is 0 Å². The maximum Gasteiger partial charge on any atom is 0.407 e. The number of amides is 2. The third-order valence-electron chi connectivity index (χ3n) is 5.01. The van der Waals surface area contributed by atoms with E-state index in [2.05, 4.69) is 10.6 Å². The predicted molar refractivity (Wildman–Crippen MR) is 95.6 cm³/mol. The predicted octanol–water partition coefficient (Wildman–Crippen LogP) is 3.12. The Kier molecular flexibility index (Phi) is 7.99. The highest BCUT2D eigenvalue weighted by molar-refractivity contribution is 5.67. The Hall–Kier alpha value is -1.50. The normalized spacial score (nSPS) is 18.6. The summed E-state index contributed by atoms with van der Waals surface area (Å²) in [5.74, 6) is -0.117. The highest BCUT2D eigenvalue weighted by Crippen LogP contribution is 2.47. The van der Waals surface area contributed by atoms with Crippen LogP contribution in [0, 0.1) is 11.3 Å². The molecule has 0 heterocycles. The van der Waals surface area contributed by atoms with Crippen molar-refractivity contribution in [2.45, 2.75) is 77.9 Å². The minimum Gasteiger partial charge on any atom is -0.465 e. The maximum absolute atomic E-state index is 11.7. The van der Waals surface area contributed by atoms with E-state index in [9.17, 15) is 14.7 Å². The molecule has 146 valence electrons. The van der Waals surface area contributed by atoms with Crippen molar-refractivity contribution in [3.63, 3.8) is 0 Å². The zero-order valence-corrected chi connectivity index (χ0v) is 15.9. The van der Waals surface area contributed by atoms with Crippen molar-refractivity contribution in [2.24, 2.45) is 11.3 Å². The average molecular weight is 358 g/mol. The molecule has 1 rings (SSSR count). The van der Waals surface area contributed by atoms with Gasteiger partial charge in [-0.3, -0.25) is 0 Å². The minimum absolute atomic E-state index is 0.0435. The zero-order valence-electron chi connectivity index (χ0n) is 15.9. The third kappa shape index (κ3) is 7.94. The van der Waals surface area contributed by atoms with Gasteiger partial charge in [-0.15, -0.1) is 0 Å². The van der Waals surface area contributed by atoms with Crippen LogP contribution in [0.4, 0.5) is 9.59 Å². The Morgan fingerprint density at radius 1 is 1.24 bits per heavy atom. The average Bonchev–Trinajstić information content (AvgIpc) is 2.44. The van der Waals surface area contributed by atoms with E-state index in [0.29, 0.717) is 13.0 Å². The molecule has 0 aromatic heterocycles. The van der Waals surface area contributed by atoms with Crippen molar-refractivity contribution in [1.82, 2.24) is 10.6 Å². The van der Waals surface area contributed by atoms with E-state index in [1.54, 1.807) is 0 Å². The number of ether oxygens (including phenoxy) is 1. The molecule has 7 nitrogen and oxygen atoms in total. The zero-order chi connectivity index (χ0) is 19.1. The Balaban J connectivity index is 2.45. The van der Waals surface area contributed by atoms with Crippen molar-refractivity contribution in [2.75, 3.05) is 13.2 Å². The molecule has 1 aliphatic rings. The molecule has 2 atom stereocenters. The van der Waals surface area contributed by atoms with Crippen LogP contribution in [0.25, 0.3) is 0 Å². The standard InChI is InChI=1S/C18H34N2O5/c1-13(12-21)14(20-15(22)23)6-9-18(7-5-8-18)10-11-19-16(24)25-17(2,3)4/h13-14,20-21H,5-12H2,1-4H3,(H,19,24)(H,22,23)/t13?,14-/m1/s1. The smallest absolute Gasteiger partial charge is 0.407 e. The monoisotopic (exact) mass is 358 g/mol. The van der Waals surface area contributed by atoms with Crippen molar-refractivity contribution < 1.29 is 24.5 Å². The Labute approximate surface area is 150 Å². The lowest BCUT2D eigenvalue weighted by Crippen LogP contribution is -2.42. The topological polar surface area (TPSA) is 108 Å². The van der Waals surface area contributed by atoms with E-state index in [4.69, 9.17) is 9.84 Å². The van der Waals surface area contributed by atoms with Gasteiger partial charge < -0.3 is 25.6 Å². The summed E-state index contributed by atoms with van der Waals surface area (Å²) < 4.78 is 5.24.